The van der Waals surface area contributed by atoms with Crippen molar-refractivity contribution in [2.45, 2.75) is 25.8 Å². The van der Waals surface area contributed by atoms with Gasteiger partial charge in [0.15, 0.2) is 0 Å². The molecule has 0 radical (unpaired) electrons. The highest BCUT2D eigenvalue weighted by molar-refractivity contribution is 9.10. The van der Waals surface area contributed by atoms with Crippen LogP contribution in [0.3, 0.4) is 0 Å². The maximum Gasteiger partial charge on any atom is 0.407 e. The van der Waals surface area contributed by atoms with E-state index in [2.05, 4.69) is 43.6 Å². The molecule has 2 aliphatic rings. The van der Waals surface area contributed by atoms with E-state index in [0.29, 0.717) is 19.1 Å². The monoisotopic (exact) mass is 415 g/mol. The van der Waals surface area contributed by atoms with E-state index in [1.807, 2.05) is 12.3 Å². The molecule has 3 aromatic rings. The fourth-order valence-electron chi connectivity index (χ4n) is 4.40. The highest BCUT2D eigenvalue weighted by Crippen LogP contribution is 2.54. The minimum Gasteiger partial charge on any atom is -0.465 e. The van der Waals surface area contributed by atoms with Crippen LogP contribution < -0.4 is 0 Å². The molecule has 1 spiro atoms. The number of hydrogen-bond donors (Lipinski definition) is 2. The zero-order chi connectivity index (χ0) is 18.1. The summed E-state index contributed by atoms with van der Waals surface area (Å²) >= 11 is 3.70. The van der Waals surface area contributed by atoms with Gasteiger partial charge in [-0.3, -0.25) is 9.67 Å². The molecular formula is C18H18BrN5O2. The first kappa shape index (κ1) is 15.9. The lowest BCUT2D eigenvalue weighted by Crippen LogP contribution is -2.63. The number of likely N-dealkylation sites (tertiary alicyclic amines) is 1. The third-order valence-electron chi connectivity index (χ3n) is 5.76. The van der Waals surface area contributed by atoms with Crippen LogP contribution in [-0.4, -0.2) is 48.9 Å². The molecule has 1 saturated heterocycles. The molecule has 7 nitrogen and oxygen atoms in total. The number of H-pyrrole nitrogens is 1. The number of amides is 1. The fourth-order valence-corrected chi connectivity index (χ4v) is 4.87. The van der Waals surface area contributed by atoms with Gasteiger partial charge in [0.1, 0.15) is 5.69 Å². The van der Waals surface area contributed by atoms with Gasteiger partial charge in [-0.15, -0.1) is 0 Å². The summed E-state index contributed by atoms with van der Waals surface area (Å²) in [6.45, 7) is 3.38. The predicted octanol–water partition coefficient (Wildman–Crippen LogP) is 3.81. The molecule has 1 aliphatic heterocycles. The predicted molar refractivity (Wildman–Crippen MR) is 100 cm³/mol. The van der Waals surface area contributed by atoms with Gasteiger partial charge in [-0.1, -0.05) is 0 Å². The quantitative estimate of drug-likeness (QED) is 0.665. The van der Waals surface area contributed by atoms with Gasteiger partial charge in [0.25, 0.3) is 0 Å². The van der Waals surface area contributed by atoms with Gasteiger partial charge >= 0.3 is 6.09 Å². The molecule has 3 aromatic heterocycles. The molecule has 2 N–H and O–H groups in total. The number of carboxylic acid groups (broad SMARTS) is 1. The van der Waals surface area contributed by atoms with Crippen molar-refractivity contribution in [3.8, 4) is 11.4 Å². The lowest BCUT2D eigenvalue weighted by molar-refractivity contribution is -0.0775. The lowest BCUT2D eigenvalue weighted by Gasteiger charge is -2.58. The van der Waals surface area contributed by atoms with Crippen LogP contribution in [0, 0.1) is 12.3 Å². The number of aromatic nitrogens is 4. The summed E-state index contributed by atoms with van der Waals surface area (Å²) in [4.78, 5) is 20.0. The summed E-state index contributed by atoms with van der Waals surface area (Å²) in [5.74, 6) is 0. The molecule has 5 rings (SSSR count). The van der Waals surface area contributed by atoms with Crippen molar-refractivity contribution in [2.75, 3.05) is 13.1 Å². The Morgan fingerprint density at radius 3 is 2.88 bits per heavy atom. The van der Waals surface area contributed by atoms with Crippen molar-refractivity contribution in [3.63, 3.8) is 0 Å². The summed E-state index contributed by atoms with van der Waals surface area (Å²) in [5, 5.41) is 15.0. The highest BCUT2D eigenvalue weighted by Gasteiger charge is 2.55. The summed E-state index contributed by atoms with van der Waals surface area (Å²) in [6.07, 6.45) is 4.76. The Bertz CT molecular complexity index is 993. The smallest absolute Gasteiger partial charge is 0.407 e. The van der Waals surface area contributed by atoms with Gasteiger partial charge in [-0.2, -0.15) is 5.10 Å². The Balaban J connectivity index is 1.40. The number of hydrogen-bond acceptors (Lipinski definition) is 3. The largest absolute Gasteiger partial charge is 0.465 e. The van der Waals surface area contributed by atoms with Crippen molar-refractivity contribution in [2.24, 2.45) is 5.41 Å². The lowest BCUT2D eigenvalue weighted by atomic mass is 9.61. The molecule has 0 aromatic carbocycles. The number of nitrogens with one attached hydrogen (secondary N) is 1. The number of halogens is 1. The summed E-state index contributed by atoms with van der Waals surface area (Å²) in [7, 11) is 0. The molecule has 134 valence electrons. The molecule has 26 heavy (non-hydrogen) atoms. The van der Waals surface area contributed by atoms with E-state index in [1.165, 1.54) is 4.90 Å². The van der Waals surface area contributed by atoms with Gasteiger partial charge in [0.05, 0.1) is 33.6 Å². The zero-order valence-electron chi connectivity index (χ0n) is 14.2. The van der Waals surface area contributed by atoms with Gasteiger partial charge in [0, 0.05) is 30.1 Å². The second-order valence-electron chi connectivity index (χ2n) is 7.54. The van der Waals surface area contributed by atoms with Crippen molar-refractivity contribution in [1.82, 2.24) is 24.6 Å². The summed E-state index contributed by atoms with van der Waals surface area (Å²) in [6, 6.07) is 4.41. The minimum atomic E-state index is -0.812. The van der Waals surface area contributed by atoms with Gasteiger partial charge < -0.3 is 15.0 Å². The maximum atomic E-state index is 11.0. The Labute approximate surface area is 158 Å². The third-order valence-corrected chi connectivity index (χ3v) is 6.71. The fraction of sp³-hybridized carbons (Fsp3) is 0.389. The molecule has 0 bridgehead atoms. The van der Waals surface area contributed by atoms with E-state index in [0.717, 1.165) is 45.3 Å². The van der Waals surface area contributed by atoms with E-state index in [-0.39, 0.29) is 5.41 Å². The molecule has 0 atom stereocenters. The number of fused-ring (bicyclic) bond motifs is 1. The molecule has 1 aliphatic carbocycles. The average molecular weight is 416 g/mol. The van der Waals surface area contributed by atoms with Crippen LogP contribution in [0.5, 0.6) is 0 Å². The van der Waals surface area contributed by atoms with Crippen molar-refractivity contribution < 1.29 is 9.90 Å². The number of carbonyl (C=O) groups is 1. The van der Waals surface area contributed by atoms with E-state index < -0.39 is 6.09 Å². The van der Waals surface area contributed by atoms with Crippen molar-refractivity contribution >= 4 is 32.9 Å². The Hall–Kier alpha value is -2.35. The minimum absolute atomic E-state index is 0.168. The maximum absolute atomic E-state index is 11.0. The standard InChI is InChI=1S/C18H18BrN5O2/c1-10-15(19)16(13-4-11-2-3-20-7-14(11)21-13)22-24(10)12-5-18(6-12)8-23(9-18)17(25)26/h2-4,7,12,21H,5-6,8-9H2,1H3,(H,25,26). The second-order valence-corrected chi connectivity index (χ2v) is 8.33. The first-order valence-corrected chi connectivity index (χ1v) is 9.41. The van der Waals surface area contributed by atoms with Crippen LogP contribution in [0.4, 0.5) is 4.79 Å². The molecule has 0 unspecified atom stereocenters. The van der Waals surface area contributed by atoms with E-state index >= 15 is 0 Å². The van der Waals surface area contributed by atoms with Crippen LogP contribution in [-0.2, 0) is 0 Å². The van der Waals surface area contributed by atoms with Crippen LogP contribution in [0.25, 0.3) is 22.3 Å². The normalized spacial score (nSPS) is 18.9. The zero-order valence-corrected chi connectivity index (χ0v) is 15.8. The summed E-state index contributed by atoms with van der Waals surface area (Å²) in [5.41, 5.74) is 4.14. The Morgan fingerprint density at radius 1 is 1.42 bits per heavy atom. The first-order valence-electron chi connectivity index (χ1n) is 8.61. The van der Waals surface area contributed by atoms with Crippen molar-refractivity contribution in [3.05, 3.63) is 34.7 Å². The van der Waals surface area contributed by atoms with Crippen LogP contribution in [0.1, 0.15) is 24.6 Å². The number of rotatable bonds is 2. The number of aromatic amines is 1. The average Bonchev–Trinajstić information content (AvgIpc) is 3.08. The third kappa shape index (κ3) is 2.21. The van der Waals surface area contributed by atoms with E-state index in [4.69, 9.17) is 10.2 Å². The highest BCUT2D eigenvalue weighted by atomic mass is 79.9. The second kappa shape index (κ2) is 5.33. The number of pyridine rings is 1. The molecular weight excluding hydrogens is 398 g/mol. The van der Waals surface area contributed by atoms with Crippen LogP contribution in [0.15, 0.2) is 29.0 Å². The van der Waals surface area contributed by atoms with E-state index in [9.17, 15) is 4.79 Å². The van der Waals surface area contributed by atoms with Crippen LogP contribution in [0.2, 0.25) is 0 Å². The topological polar surface area (TPSA) is 87.0 Å². The van der Waals surface area contributed by atoms with E-state index in [1.54, 1.807) is 6.20 Å². The SMILES string of the molecule is Cc1c(Br)c(-c2cc3ccncc3[nH]2)nn1C1CC2(C1)CN(C(=O)O)C2. The van der Waals surface area contributed by atoms with Gasteiger partial charge in [0.2, 0.25) is 0 Å². The Kier molecular flexibility index (Phi) is 3.25. The number of nitrogens with zero attached hydrogens (tertiary/aromatic N) is 4. The first-order chi connectivity index (χ1) is 12.5. The molecule has 2 fully saturated rings. The van der Waals surface area contributed by atoms with Crippen LogP contribution >= 0.6 is 15.9 Å². The van der Waals surface area contributed by atoms with Gasteiger partial charge in [-0.25, -0.2) is 4.79 Å². The molecule has 4 heterocycles. The molecule has 8 heteroatoms. The molecule has 1 saturated carbocycles. The van der Waals surface area contributed by atoms with Gasteiger partial charge in [-0.05, 0) is 47.8 Å². The molecule has 1 amide bonds. The Morgan fingerprint density at radius 2 is 2.19 bits per heavy atom. The summed E-state index contributed by atoms with van der Waals surface area (Å²) < 4.78 is 3.09. The van der Waals surface area contributed by atoms with Crippen molar-refractivity contribution in [1.29, 1.82) is 0 Å².